The summed E-state index contributed by atoms with van der Waals surface area (Å²) in [5.41, 5.74) is 5.45. The van der Waals surface area contributed by atoms with E-state index in [1.54, 1.807) is 6.07 Å². The molecule has 1 aromatic heterocycles. The Morgan fingerprint density at radius 3 is 2.87 bits per heavy atom. The summed E-state index contributed by atoms with van der Waals surface area (Å²) in [6.45, 7) is 4.32. The molecule has 0 aliphatic heterocycles. The number of anilines is 2. The van der Waals surface area contributed by atoms with E-state index in [1.165, 1.54) is 11.5 Å². The number of hydrogen-bond donors (Lipinski definition) is 2. The molecule has 0 saturated carbocycles. The van der Waals surface area contributed by atoms with Gasteiger partial charge < -0.3 is 11.1 Å². The van der Waals surface area contributed by atoms with Crippen LogP contribution in [0.25, 0.3) is 0 Å². The lowest BCUT2D eigenvalue weighted by Gasteiger charge is -2.13. The highest BCUT2D eigenvalue weighted by atomic mass is 32.2. The lowest BCUT2D eigenvalue weighted by molar-refractivity contribution is 0.762. The average molecular weight is 226 g/mol. The normalized spacial score (nSPS) is 12.4. The van der Waals surface area contributed by atoms with E-state index in [1.807, 2.05) is 17.8 Å². The Kier molecular flexibility index (Phi) is 5.25. The summed E-state index contributed by atoms with van der Waals surface area (Å²) in [7, 11) is 0. The highest BCUT2D eigenvalue weighted by Crippen LogP contribution is 2.09. The first kappa shape index (κ1) is 12.1. The third-order valence-electron chi connectivity index (χ3n) is 1.98. The van der Waals surface area contributed by atoms with Gasteiger partial charge in [-0.1, -0.05) is 6.92 Å². The van der Waals surface area contributed by atoms with Gasteiger partial charge in [0.2, 0.25) is 0 Å². The van der Waals surface area contributed by atoms with Crippen LogP contribution in [-0.2, 0) is 0 Å². The van der Waals surface area contributed by atoms with E-state index in [0.29, 0.717) is 11.9 Å². The van der Waals surface area contributed by atoms with E-state index < -0.39 is 0 Å². The minimum atomic E-state index is 0.418. The molecule has 0 aromatic carbocycles. The lowest BCUT2D eigenvalue weighted by atomic mass is 10.2. The van der Waals surface area contributed by atoms with E-state index in [4.69, 9.17) is 5.73 Å². The summed E-state index contributed by atoms with van der Waals surface area (Å²) >= 11 is 1.95. The SMILES string of the molecule is CCSCCC(C)Nc1ccc(N)nn1. The summed E-state index contributed by atoms with van der Waals surface area (Å²) < 4.78 is 0. The number of aromatic nitrogens is 2. The molecule has 84 valence electrons. The molecule has 0 aliphatic carbocycles. The van der Waals surface area contributed by atoms with Crippen LogP contribution >= 0.6 is 11.8 Å². The zero-order chi connectivity index (χ0) is 11.1. The molecule has 0 saturated heterocycles. The number of hydrogen-bond acceptors (Lipinski definition) is 5. The molecule has 3 N–H and O–H groups in total. The minimum Gasteiger partial charge on any atom is -0.382 e. The third kappa shape index (κ3) is 4.88. The van der Waals surface area contributed by atoms with Gasteiger partial charge in [0.05, 0.1) is 0 Å². The summed E-state index contributed by atoms with van der Waals surface area (Å²) in [6, 6.07) is 4.02. The molecule has 15 heavy (non-hydrogen) atoms. The first-order chi connectivity index (χ1) is 7.22. The van der Waals surface area contributed by atoms with E-state index in [2.05, 4.69) is 29.4 Å². The van der Waals surface area contributed by atoms with Crippen molar-refractivity contribution in [2.75, 3.05) is 22.6 Å². The Bertz CT molecular complexity index is 275. The van der Waals surface area contributed by atoms with Gasteiger partial charge in [-0.2, -0.15) is 11.8 Å². The van der Waals surface area contributed by atoms with E-state index in [-0.39, 0.29) is 0 Å². The van der Waals surface area contributed by atoms with Gasteiger partial charge in [-0.05, 0) is 37.0 Å². The van der Waals surface area contributed by atoms with Crippen molar-refractivity contribution in [3.05, 3.63) is 12.1 Å². The molecule has 4 nitrogen and oxygen atoms in total. The van der Waals surface area contributed by atoms with Gasteiger partial charge in [0, 0.05) is 6.04 Å². The monoisotopic (exact) mass is 226 g/mol. The van der Waals surface area contributed by atoms with Crippen molar-refractivity contribution < 1.29 is 0 Å². The van der Waals surface area contributed by atoms with Gasteiger partial charge >= 0.3 is 0 Å². The Morgan fingerprint density at radius 2 is 2.27 bits per heavy atom. The highest BCUT2D eigenvalue weighted by Gasteiger charge is 2.02. The number of nitrogen functional groups attached to an aromatic ring is 1. The zero-order valence-corrected chi connectivity index (χ0v) is 10.0. The minimum absolute atomic E-state index is 0.418. The predicted octanol–water partition coefficient (Wildman–Crippen LogP) is 2.00. The van der Waals surface area contributed by atoms with Crippen molar-refractivity contribution in [2.24, 2.45) is 0 Å². The number of nitrogens with zero attached hydrogens (tertiary/aromatic N) is 2. The van der Waals surface area contributed by atoms with Crippen LogP contribution < -0.4 is 11.1 Å². The van der Waals surface area contributed by atoms with Crippen molar-refractivity contribution >= 4 is 23.4 Å². The van der Waals surface area contributed by atoms with Crippen LogP contribution in [0.4, 0.5) is 11.6 Å². The summed E-state index contributed by atoms with van der Waals surface area (Å²) in [5.74, 6) is 3.59. The van der Waals surface area contributed by atoms with Crippen molar-refractivity contribution in [1.29, 1.82) is 0 Å². The first-order valence-corrected chi connectivity index (χ1v) is 6.31. The molecule has 5 heteroatoms. The molecule has 1 aromatic rings. The number of thioether (sulfide) groups is 1. The van der Waals surface area contributed by atoms with Crippen LogP contribution in [0.1, 0.15) is 20.3 Å². The van der Waals surface area contributed by atoms with Gasteiger partial charge in [0.1, 0.15) is 11.6 Å². The van der Waals surface area contributed by atoms with E-state index >= 15 is 0 Å². The molecule has 1 heterocycles. The largest absolute Gasteiger partial charge is 0.382 e. The van der Waals surface area contributed by atoms with Gasteiger partial charge in [0.25, 0.3) is 0 Å². The molecule has 1 unspecified atom stereocenters. The van der Waals surface area contributed by atoms with Crippen LogP contribution in [0.3, 0.4) is 0 Å². The lowest BCUT2D eigenvalue weighted by Crippen LogP contribution is -2.17. The first-order valence-electron chi connectivity index (χ1n) is 5.16. The Balaban J connectivity index is 2.31. The molecular weight excluding hydrogens is 208 g/mol. The standard InChI is InChI=1S/C10H18N4S/c1-3-15-7-6-8(2)12-10-5-4-9(11)13-14-10/h4-5,8H,3,6-7H2,1-2H3,(H2,11,13)(H,12,14). The predicted molar refractivity (Wildman–Crippen MR) is 67.1 cm³/mol. The molecule has 1 atom stereocenters. The zero-order valence-electron chi connectivity index (χ0n) is 9.23. The van der Waals surface area contributed by atoms with Crippen molar-refractivity contribution in [1.82, 2.24) is 10.2 Å². The third-order valence-corrected chi connectivity index (χ3v) is 2.91. The van der Waals surface area contributed by atoms with Gasteiger partial charge in [-0.15, -0.1) is 10.2 Å². The smallest absolute Gasteiger partial charge is 0.149 e. The van der Waals surface area contributed by atoms with E-state index in [9.17, 15) is 0 Å². The summed E-state index contributed by atoms with van der Waals surface area (Å²) in [6.07, 6.45) is 1.13. The molecule has 0 amide bonds. The fourth-order valence-electron chi connectivity index (χ4n) is 1.15. The second-order valence-electron chi connectivity index (χ2n) is 3.37. The fourth-order valence-corrected chi connectivity index (χ4v) is 1.96. The topological polar surface area (TPSA) is 63.8 Å². The van der Waals surface area contributed by atoms with Crippen molar-refractivity contribution in [2.45, 2.75) is 26.3 Å². The Morgan fingerprint density at radius 1 is 1.47 bits per heavy atom. The maximum Gasteiger partial charge on any atom is 0.149 e. The van der Waals surface area contributed by atoms with Crippen molar-refractivity contribution in [3.63, 3.8) is 0 Å². The molecule has 0 radical (unpaired) electrons. The van der Waals surface area contributed by atoms with Gasteiger partial charge in [0.15, 0.2) is 0 Å². The summed E-state index contributed by atoms with van der Waals surface area (Å²) in [5, 5.41) is 11.0. The van der Waals surface area contributed by atoms with Crippen LogP contribution in [0, 0.1) is 0 Å². The van der Waals surface area contributed by atoms with Gasteiger partial charge in [-0.3, -0.25) is 0 Å². The maximum atomic E-state index is 5.45. The van der Waals surface area contributed by atoms with Crippen LogP contribution in [0.15, 0.2) is 12.1 Å². The number of nitrogens with two attached hydrogens (primary N) is 1. The quantitative estimate of drug-likeness (QED) is 0.726. The summed E-state index contributed by atoms with van der Waals surface area (Å²) in [4.78, 5) is 0. The molecular formula is C10H18N4S. The Labute approximate surface area is 95.0 Å². The van der Waals surface area contributed by atoms with Crippen molar-refractivity contribution in [3.8, 4) is 0 Å². The second kappa shape index (κ2) is 6.50. The van der Waals surface area contributed by atoms with Crippen LogP contribution in [0.5, 0.6) is 0 Å². The van der Waals surface area contributed by atoms with Crippen LogP contribution in [-0.4, -0.2) is 27.7 Å². The number of nitrogens with one attached hydrogen (secondary N) is 1. The molecule has 0 spiro atoms. The highest BCUT2D eigenvalue weighted by molar-refractivity contribution is 7.99. The molecule has 0 fully saturated rings. The molecule has 1 rings (SSSR count). The number of rotatable bonds is 6. The second-order valence-corrected chi connectivity index (χ2v) is 4.77. The van der Waals surface area contributed by atoms with E-state index in [0.717, 1.165) is 12.2 Å². The molecule has 0 aliphatic rings. The maximum absolute atomic E-state index is 5.45. The fraction of sp³-hybridized carbons (Fsp3) is 0.600. The van der Waals surface area contributed by atoms with Crippen LogP contribution in [0.2, 0.25) is 0 Å². The molecule has 0 bridgehead atoms. The average Bonchev–Trinajstić information content (AvgIpc) is 2.22. The van der Waals surface area contributed by atoms with Gasteiger partial charge in [-0.25, -0.2) is 0 Å². The Hall–Kier alpha value is -0.970.